The van der Waals surface area contributed by atoms with Gasteiger partial charge in [0.25, 0.3) is 0 Å². The van der Waals surface area contributed by atoms with Crippen molar-refractivity contribution in [3.8, 4) is 17.1 Å². The molecule has 3 aromatic rings. The van der Waals surface area contributed by atoms with Crippen LogP contribution in [0.4, 0.5) is 5.82 Å². The van der Waals surface area contributed by atoms with Crippen LogP contribution in [-0.2, 0) is 16.6 Å². The average Bonchev–Trinajstić information content (AvgIpc) is 3.55. The van der Waals surface area contributed by atoms with Crippen LogP contribution in [0, 0.1) is 6.57 Å². The molecule has 3 heterocycles. The number of hydrogen-bond acceptors (Lipinski definition) is 6. The lowest BCUT2D eigenvalue weighted by Crippen LogP contribution is -2.56. The number of fused-ring (bicyclic) bond motifs is 3. The van der Waals surface area contributed by atoms with E-state index in [9.17, 15) is 4.79 Å². The van der Waals surface area contributed by atoms with E-state index in [1.807, 2.05) is 0 Å². The van der Waals surface area contributed by atoms with Crippen molar-refractivity contribution in [1.29, 1.82) is 0 Å². The quantitative estimate of drug-likeness (QED) is 0.303. The molecule has 7 rings (SSSR count). The summed E-state index contributed by atoms with van der Waals surface area (Å²) in [5, 5.41) is 0.959. The standard InChI is InChI=1S/C34H38N6O2/c1-4-31(41)40-18-17-39(21-25(40)20-35-2)32-28-11-10-23(26-8-5-9-29-27(26)12-13-34(29)14-15-34)19-30(28)36-33(37-32)42-22-24-7-6-16-38(24)3/h4-5,8-11,19,24-25H,1,6-7,12-18,20-22H2,3H3/t24-,25-/m0/s1. The molecular formula is C34H38N6O2. The number of likely N-dealkylation sites (N-methyl/N-ethyl adjacent to an activating group) is 1. The van der Waals surface area contributed by atoms with Crippen molar-refractivity contribution in [2.45, 2.75) is 56.0 Å². The summed E-state index contributed by atoms with van der Waals surface area (Å²) in [5.41, 5.74) is 6.82. The first kappa shape index (κ1) is 26.9. The number of nitrogens with zero attached hydrogens (tertiary/aromatic N) is 6. The lowest BCUT2D eigenvalue weighted by molar-refractivity contribution is -0.128. The van der Waals surface area contributed by atoms with Gasteiger partial charge in [-0.15, -0.1) is 0 Å². The molecule has 2 aliphatic carbocycles. The number of amides is 1. The van der Waals surface area contributed by atoms with E-state index in [2.05, 4.69) is 64.7 Å². The smallest absolute Gasteiger partial charge is 0.319 e. The van der Waals surface area contributed by atoms with Crippen molar-refractivity contribution in [2.24, 2.45) is 0 Å². The second-order valence-electron chi connectivity index (χ2n) is 12.4. The first-order valence-electron chi connectivity index (χ1n) is 15.3. The maximum absolute atomic E-state index is 12.5. The number of hydrogen-bond donors (Lipinski definition) is 0. The molecule has 3 fully saturated rings. The molecule has 8 nitrogen and oxygen atoms in total. The zero-order valence-electron chi connectivity index (χ0n) is 24.4. The van der Waals surface area contributed by atoms with Gasteiger partial charge < -0.3 is 24.3 Å². The summed E-state index contributed by atoms with van der Waals surface area (Å²) >= 11 is 0. The van der Waals surface area contributed by atoms with E-state index in [0.29, 0.717) is 43.7 Å². The van der Waals surface area contributed by atoms with Gasteiger partial charge in [-0.1, -0.05) is 30.8 Å². The Morgan fingerprint density at radius 1 is 1.17 bits per heavy atom. The van der Waals surface area contributed by atoms with E-state index in [-0.39, 0.29) is 18.5 Å². The highest BCUT2D eigenvalue weighted by Gasteiger charge is 2.48. The van der Waals surface area contributed by atoms with Crippen LogP contribution in [0.5, 0.6) is 6.01 Å². The summed E-state index contributed by atoms with van der Waals surface area (Å²) in [6.07, 6.45) is 8.65. The number of likely N-dealkylation sites (tertiary alicyclic amines) is 1. The highest BCUT2D eigenvalue weighted by atomic mass is 16.5. The average molecular weight is 563 g/mol. The van der Waals surface area contributed by atoms with E-state index >= 15 is 0 Å². The molecular weight excluding hydrogens is 524 g/mol. The zero-order valence-corrected chi connectivity index (χ0v) is 24.4. The Kier molecular flexibility index (Phi) is 6.86. The van der Waals surface area contributed by atoms with Crippen molar-refractivity contribution >= 4 is 22.6 Å². The van der Waals surface area contributed by atoms with Crippen LogP contribution >= 0.6 is 0 Å². The minimum Gasteiger partial charge on any atom is -0.462 e. The monoisotopic (exact) mass is 562 g/mol. The molecule has 2 aromatic carbocycles. The molecule has 0 unspecified atom stereocenters. The third kappa shape index (κ3) is 4.70. The molecule has 2 atom stereocenters. The van der Waals surface area contributed by atoms with E-state index in [0.717, 1.165) is 36.1 Å². The van der Waals surface area contributed by atoms with Crippen LogP contribution in [0.3, 0.4) is 0 Å². The summed E-state index contributed by atoms with van der Waals surface area (Å²) in [7, 11) is 2.14. The van der Waals surface area contributed by atoms with Crippen LogP contribution in [-0.4, -0.2) is 84.1 Å². The lowest BCUT2D eigenvalue weighted by Gasteiger charge is -2.39. The molecule has 1 spiro atoms. The lowest BCUT2D eigenvalue weighted by atomic mass is 9.93. The first-order chi connectivity index (χ1) is 20.5. The van der Waals surface area contributed by atoms with E-state index < -0.39 is 0 Å². The number of anilines is 1. The fourth-order valence-electron chi connectivity index (χ4n) is 7.44. The molecule has 0 radical (unpaired) electrons. The molecule has 1 saturated carbocycles. The minimum absolute atomic E-state index is 0.131. The number of benzene rings is 2. The van der Waals surface area contributed by atoms with Gasteiger partial charge >= 0.3 is 6.01 Å². The van der Waals surface area contributed by atoms with Crippen LogP contribution in [0.2, 0.25) is 0 Å². The van der Waals surface area contributed by atoms with Crippen molar-refractivity contribution < 1.29 is 9.53 Å². The maximum Gasteiger partial charge on any atom is 0.319 e. The van der Waals surface area contributed by atoms with E-state index in [1.165, 1.54) is 48.4 Å². The third-order valence-electron chi connectivity index (χ3n) is 10.0. The van der Waals surface area contributed by atoms with Crippen molar-refractivity contribution in [2.75, 3.05) is 51.3 Å². The van der Waals surface area contributed by atoms with Gasteiger partial charge in [-0.2, -0.15) is 9.97 Å². The summed E-state index contributed by atoms with van der Waals surface area (Å²) < 4.78 is 6.29. The maximum atomic E-state index is 12.5. The Hall–Kier alpha value is -3.96. The van der Waals surface area contributed by atoms with Crippen molar-refractivity contribution in [1.82, 2.24) is 19.8 Å². The fourth-order valence-corrected chi connectivity index (χ4v) is 7.44. The van der Waals surface area contributed by atoms with Gasteiger partial charge in [0.15, 0.2) is 0 Å². The highest BCUT2D eigenvalue weighted by Crippen LogP contribution is 2.58. The van der Waals surface area contributed by atoms with Gasteiger partial charge in [0, 0.05) is 31.1 Å². The molecule has 1 amide bonds. The molecule has 8 heteroatoms. The van der Waals surface area contributed by atoms with E-state index in [4.69, 9.17) is 21.3 Å². The van der Waals surface area contributed by atoms with Gasteiger partial charge in [-0.3, -0.25) is 4.79 Å². The van der Waals surface area contributed by atoms with Crippen LogP contribution in [0.15, 0.2) is 49.1 Å². The Morgan fingerprint density at radius 3 is 2.81 bits per heavy atom. The van der Waals surface area contributed by atoms with Crippen LogP contribution < -0.4 is 9.64 Å². The minimum atomic E-state index is -0.232. The molecule has 1 aromatic heterocycles. The van der Waals surface area contributed by atoms with Crippen LogP contribution in [0.25, 0.3) is 26.9 Å². The molecule has 2 saturated heterocycles. The normalized spacial score (nSPS) is 22.8. The number of aromatic nitrogens is 2. The van der Waals surface area contributed by atoms with Gasteiger partial charge in [-0.05, 0) is 98.0 Å². The largest absolute Gasteiger partial charge is 0.462 e. The van der Waals surface area contributed by atoms with Gasteiger partial charge in [-0.25, -0.2) is 6.57 Å². The number of ether oxygens (including phenoxy) is 1. The van der Waals surface area contributed by atoms with Gasteiger partial charge in [0.1, 0.15) is 18.5 Å². The second kappa shape index (κ2) is 10.7. The van der Waals surface area contributed by atoms with Gasteiger partial charge in [0.2, 0.25) is 12.5 Å². The molecule has 0 bridgehead atoms. The summed E-state index contributed by atoms with van der Waals surface area (Å²) in [5.74, 6) is 0.672. The Balaban J connectivity index is 1.26. The molecule has 2 aliphatic heterocycles. The van der Waals surface area contributed by atoms with Crippen LogP contribution in [0.1, 0.15) is 43.2 Å². The van der Waals surface area contributed by atoms with E-state index in [1.54, 1.807) is 10.5 Å². The predicted octanol–water partition coefficient (Wildman–Crippen LogP) is 4.87. The SMILES string of the molecule is [C-]#[N+]C[C@H]1CN(c2nc(OC[C@@H]3CCCN3C)nc3cc(-c4cccc5c4CCC54CC4)ccc23)CCN1C(=O)C=C. The number of piperazine rings is 1. The predicted molar refractivity (Wildman–Crippen MR) is 165 cm³/mol. The fraction of sp³-hybridized carbons (Fsp3) is 0.471. The number of carbonyl (C=O) groups excluding carboxylic acids is 1. The molecule has 216 valence electrons. The highest BCUT2D eigenvalue weighted by molar-refractivity contribution is 5.94. The topological polar surface area (TPSA) is 66.2 Å². The Labute approximate surface area is 247 Å². The van der Waals surface area contributed by atoms with Gasteiger partial charge in [0.05, 0.1) is 5.52 Å². The Bertz CT molecular complexity index is 1590. The third-order valence-corrected chi connectivity index (χ3v) is 10.0. The van der Waals surface area contributed by atoms with Crippen molar-refractivity contribution in [3.05, 3.63) is 71.6 Å². The summed E-state index contributed by atoms with van der Waals surface area (Å²) in [6, 6.07) is 13.8. The number of rotatable bonds is 7. The molecule has 4 aliphatic rings. The van der Waals surface area contributed by atoms with Crippen molar-refractivity contribution in [3.63, 3.8) is 0 Å². The second-order valence-corrected chi connectivity index (χ2v) is 12.4. The molecule has 0 N–H and O–H groups in total. The summed E-state index contributed by atoms with van der Waals surface area (Å²) in [6.45, 7) is 14.7. The Morgan fingerprint density at radius 2 is 2.05 bits per heavy atom. The first-order valence-corrected chi connectivity index (χ1v) is 15.3. The summed E-state index contributed by atoms with van der Waals surface area (Å²) in [4.78, 5) is 32.4. The number of carbonyl (C=O) groups is 1. The zero-order chi connectivity index (χ0) is 28.8. The molecule has 42 heavy (non-hydrogen) atoms.